The van der Waals surface area contributed by atoms with Crippen molar-refractivity contribution < 1.29 is 14.3 Å². The van der Waals surface area contributed by atoms with E-state index in [1.807, 2.05) is 0 Å². The van der Waals surface area contributed by atoms with Crippen molar-refractivity contribution in [3.05, 3.63) is 0 Å². The van der Waals surface area contributed by atoms with Crippen LogP contribution in [0, 0.1) is 5.41 Å². The summed E-state index contributed by atoms with van der Waals surface area (Å²) >= 11 is 0. The first-order valence-corrected chi connectivity index (χ1v) is 4.77. The largest absolute Gasteiger partial charge is 0.469 e. The van der Waals surface area contributed by atoms with E-state index in [1.54, 1.807) is 0 Å². The fourth-order valence-electron chi connectivity index (χ4n) is 2.16. The van der Waals surface area contributed by atoms with Gasteiger partial charge in [0.1, 0.15) is 6.29 Å². The van der Waals surface area contributed by atoms with E-state index in [-0.39, 0.29) is 11.4 Å². The molecule has 13 heavy (non-hydrogen) atoms. The van der Waals surface area contributed by atoms with Crippen LogP contribution in [0.2, 0.25) is 0 Å². The van der Waals surface area contributed by atoms with Crippen LogP contribution in [0.4, 0.5) is 0 Å². The summed E-state index contributed by atoms with van der Waals surface area (Å²) in [6, 6.07) is 0. The predicted octanol–water partition coefficient (Wildman–Crippen LogP) is 1.70. The summed E-state index contributed by atoms with van der Waals surface area (Å²) in [6.07, 6.45) is 5.92. The number of hydrogen-bond donors (Lipinski definition) is 0. The molecule has 0 aromatic rings. The third kappa shape index (κ3) is 2.08. The van der Waals surface area contributed by atoms with Crippen molar-refractivity contribution in [2.24, 2.45) is 5.41 Å². The Balaban J connectivity index is 2.62. The number of methoxy groups -OCH3 is 1. The molecule has 0 spiro atoms. The number of esters is 1. The van der Waals surface area contributed by atoms with Gasteiger partial charge < -0.3 is 9.53 Å². The van der Waals surface area contributed by atoms with E-state index < -0.39 is 0 Å². The lowest BCUT2D eigenvalue weighted by Gasteiger charge is -2.24. The highest BCUT2D eigenvalue weighted by Crippen LogP contribution is 2.42. The van der Waals surface area contributed by atoms with Gasteiger partial charge in [0.25, 0.3) is 0 Å². The molecule has 0 aliphatic heterocycles. The third-order valence-corrected chi connectivity index (χ3v) is 2.92. The fraction of sp³-hybridized carbons (Fsp3) is 0.800. The molecule has 0 amide bonds. The molecule has 0 aromatic heterocycles. The molecule has 0 saturated heterocycles. The predicted molar refractivity (Wildman–Crippen MR) is 48.2 cm³/mol. The second kappa shape index (κ2) is 4.40. The van der Waals surface area contributed by atoms with Gasteiger partial charge in [-0.15, -0.1) is 0 Å². The van der Waals surface area contributed by atoms with Gasteiger partial charge in [0, 0.05) is 6.42 Å². The van der Waals surface area contributed by atoms with Crippen LogP contribution in [0.25, 0.3) is 0 Å². The number of aldehydes is 1. The average Bonchev–Trinajstić information content (AvgIpc) is 2.63. The summed E-state index contributed by atoms with van der Waals surface area (Å²) in [5.41, 5.74) is -0.338. The lowest BCUT2D eigenvalue weighted by molar-refractivity contribution is -0.153. The second-order valence-corrected chi connectivity index (χ2v) is 3.68. The molecule has 1 saturated carbocycles. The van der Waals surface area contributed by atoms with Crippen LogP contribution in [-0.4, -0.2) is 19.4 Å². The average molecular weight is 184 g/mol. The van der Waals surface area contributed by atoms with E-state index in [1.165, 1.54) is 7.11 Å². The summed E-state index contributed by atoms with van der Waals surface area (Å²) in [6.45, 7) is 0. The molecule has 3 nitrogen and oxygen atoms in total. The van der Waals surface area contributed by atoms with Crippen LogP contribution >= 0.6 is 0 Å². The van der Waals surface area contributed by atoms with E-state index in [0.29, 0.717) is 12.8 Å². The number of ether oxygens (including phenoxy) is 1. The normalized spacial score (nSPS) is 19.8. The highest BCUT2D eigenvalue weighted by molar-refractivity contribution is 5.77. The van der Waals surface area contributed by atoms with Crippen molar-refractivity contribution in [3.8, 4) is 0 Å². The molecular formula is C10H16O3. The first-order valence-electron chi connectivity index (χ1n) is 4.77. The van der Waals surface area contributed by atoms with Crippen molar-refractivity contribution in [3.63, 3.8) is 0 Å². The highest BCUT2D eigenvalue weighted by atomic mass is 16.5. The Labute approximate surface area is 78.5 Å². The van der Waals surface area contributed by atoms with Gasteiger partial charge in [0.15, 0.2) is 0 Å². The van der Waals surface area contributed by atoms with Gasteiger partial charge in [-0.3, -0.25) is 4.79 Å². The first-order chi connectivity index (χ1) is 6.25. The Morgan fingerprint density at radius 2 is 2.08 bits per heavy atom. The van der Waals surface area contributed by atoms with Crippen LogP contribution in [0.1, 0.15) is 38.5 Å². The topological polar surface area (TPSA) is 43.4 Å². The third-order valence-electron chi connectivity index (χ3n) is 2.92. The van der Waals surface area contributed by atoms with Crippen molar-refractivity contribution >= 4 is 12.3 Å². The van der Waals surface area contributed by atoms with Gasteiger partial charge in [0.05, 0.1) is 12.5 Å². The molecule has 0 heterocycles. The first kappa shape index (κ1) is 10.2. The molecule has 0 unspecified atom stereocenters. The maximum atomic E-state index is 11.5. The molecule has 0 bridgehead atoms. The van der Waals surface area contributed by atoms with E-state index in [9.17, 15) is 9.59 Å². The molecule has 0 radical (unpaired) electrons. The Kier molecular flexibility index (Phi) is 3.46. The molecule has 74 valence electrons. The van der Waals surface area contributed by atoms with Crippen molar-refractivity contribution in [1.82, 2.24) is 0 Å². The lowest BCUT2D eigenvalue weighted by atomic mass is 9.82. The molecule has 3 heteroatoms. The molecule has 0 atom stereocenters. The number of carbonyl (C=O) groups is 2. The summed E-state index contributed by atoms with van der Waals surface area (Å²) < 4.78 is 4.78. The van der Waals surface area contributed by atoms with Crippen molar-refractivity contribution in [2.75, 3.05) is 7.11 Å². The smallest absolute Gasteiger partial charge is 0.311 e. The summed E-state index contributed by atoms with van der Waals surface area (Å²) in [5, 5.41) is 0. The minimum atomic E-state index is -0.338. The molecule has 1 aliphatic carbocycles. The quantitative estimate of drug-likeness (QED) is 0.493. The monoisotopic (exact) mass is 184 g/mol. The zero-order valence-corrected chi connectivity index (χ0v) is 8.04. The Morgan fingerprint density at radius 3 is 2.54 bits per heavy atom. The summed E-state index contributed by atoms with van der Waals surface area (Å²) in [5.74, 6) is -0.133. The number of hydrogen-bond acceptors (Lipinski definition) is 3. The molecule has 1 rings (SSSR count). The van der Waals surface area contributed by atoms with Crippen LogP contribution in [-0.2, 0) is 14.3 Å². The standard InChI is InChI=1S/C10H16O3/c1-13-9(12)10(7-4-8-11)5-2-3-6-10/h8H,2-7H2,1H3. The van der Waals surface area contributed by atoms with Crippen molar-refractivity contribution in [2.45, 2.75) is 38.5 Å². The Bertz CT molecular complexity index is 192. The zero-order chi connectivity index (χ0) is 9.73. The summed E-state index contributed by atoms with van der Waals surface area (Å²) in [4.78, 5) is 21.8. The van der Waals surface area contributed by atoms with Gasteiger partial charge in [-0.2, -0.15) is 0 Å². The van der Waals surface area contributed by atoms with Crippen LogP contribution < -0.4 is 0 Å². The van der Waals surface area contributed by atoms with E-state index >= 15 is 0 Å². The van der Waals surface area contributed by atoms with Gasteiger partial charge in [0.2, 0.25) is 0 Å². The molecule has 0 N–H and O–H groups in total. The van der Waals surface area contributed by atoms with Gasteiger partial charge in [-0.1, -0.05) is 12.8 Å². The van der Waals surface area contributed by atoms with Crippen LogP contribution in [0.15, 0.2) is 0 Å². The van der Waals surface area contributed by atoms with E-state index in [0.717, 1.165) is 32.0 Å². The number of rotatable bonds is 4. The van der Waals surface area contributed by atoms with E-state index in [4.69, 9.17) is 4.74 Å². The Morgan fingerprint density at radius 1 is 1.46 bits per heavy atom. The maximum Gasteiger partial charge on any atom is 0.311 e. The van der Waals surface area contributed by atoms with Gasteiger partial charge in [-0.25, -0.2) is 0 Å². The molecular weight excluding hydrogens is 168 g/mol. The van der Waals surface area contributed by atoms with Crippen LogP contribution in [0.5, 0.6) is 0 Å². The second-order valence-electron chi connectivity index (χ2n) is 3.68. The minimum absolute atomic E-state index is 0.133. The lowest BCUT2D eigenvalue weighted by Crippen LogP contribution is -2.29. The van der Waals surface area contributed by atoms with Gasteiger partial charge >= 0.3 is 5.97 Å². The van der Waals surface area contributed by atoms with Crippen molar-refractivity contribution in [1.29, 1.82) is 0 Å². The SMILES string of the molecule is COC(=O)C1(CCC=O)CCCC1. The summed E-state index contributed by atoms with van der Waals surface area (Å²) in [7, 11) is 1.42. The molecule has 1 aliphatic rings. The fourth-order valence-corrected chi connectivity index (χ4v) is 2.16. The van der Waals surface area contributed by atoms with Gasteiger partial charge in [-0.05, 0) is 19.3 Å². The maximum absolute atomic E-state index is 11.5. The van der Waals surface area contributed by atoms with Crippen LogP contribution in [0.3, 0.4) is 0 Å². The molecule has 0 aromatic carbocycles. The highest BCUT2D eigenvalue weighted by Gasteiger charge is 2.41. The van der Waals surface area contributed by atoms with E-state index in [2.05, 4.69) is 0 Å². The Hall–Kier alpha value is -0.860. The zero-order valence-electron chi connectivity index (χ0n) is 8.04. The molecule has 1 fully saturated rings. The minimum Gasteiger partial charge on any atom is -0.469 e. The number of carbonyl (C=O) groups excluding carboxylic acids is 2.